The summed E-state index contributed by atoms with van der Waals surface area (Å²) in [5.74, 6) is -2.58. The summed E-state index contributed by atoms with van der Waals surface area (Å²) >= 11 is 0. The lowest BCUT2D eigenvalue weighted by Gasteiger charge is -2.30. The molecule has 1 aliphatic carbocycles. The van der Waals surface area contributed by atoms with E-state index in [0.29, 0.717) is 18.5 Å². The van der Waals surface area contributed by atoms with Gasteiger partial charge in [0.15, 0.2) is 0 Å². The Kier molecular flexibility index (Phi) is 7.31. The lowest BCUT2D eigenvalue weighted by molar-refractivity contribution is -0.145. The van der Waals surface area contributed by atoms with Crippen molar-refractivity contribution in [2.24, 2.45) is 5.92 Å². The zero-order valence-corrected chi connectivity index (χ0v) is 19.6. The number of benzene rings is 1. The van der Waals surface area contributed by atoms with Gasteiger partial charge in [-0.3, -0.25) is 9.59 Å². The van der Waals surface area contributed by atoms with E-state index < -0.39 is 53.2 Å². The minimum atomic E-state index is -4.48. The summed E-state index contributed by atoms with van der Waals surface area (Å²) in [5.41, 5.74) is -1.90. The molecular formula is C25H30F3N3O5. The number of allylic oxidation sites excluding steroid dienone is 1. The van der Waals surface area contributed by atoms with Crippen LogP contribution in [0.25, 0.3) is 0 Å². The molecule has 0 spiro atoms. The number of aliphatic hydroxyl groups excluding tert-OH is 1. The molecule has 2 amide bonds. The Morgan fingerprint density at radius 1 is 1.14 bits per heavy atom. The second kappa shape index (κ2) is 10.1. The van der Waals surface area contributed by atoms with Crippen molar-refractivity contribution >= 4 is 23.5 Å². The van der Waals surface area contributed by atoms with Crippen LogP contribution in [0, 0.1) is 5.92 Å². The molecule has 0 radical (unpaired) electrons. The molecule has 1 aromatic rings. The Hall–Kier alpha value is -3.08. The maximum atomic E-state index is 13.6. The van der Waals surface area contributed by atoms with E-state index in [0.717, 1.165) is 31.4 Å². The second-order valence-electron chi connectivity index (χ2n) is 9.81. The van der Waals surface area contributed by atoms with Gasteiger partial charge in [-0.25, -0.2) is 4.79 Å². The number of carbonyl (C=O) groups is 3. The quantitative estimate of drug-likeness (QED) is 0.466. The topological polar surface area (TPSA) is 119 Å². The fourth-order valence-corrected chi connectivity index (χ4v) is 5.03. The molecule has 3 aliphatic rings. The zero-order chi connectivity index (χ0) is 26.1. The van der Waals surface area contributed by atoms with Crippen molar-refractivity contribution in [2.75, 3.05) is 11.9 Å². The number of hydrogen-bond acceptors (Lipinski definition) is 5. The summed E-state index contributed by atoms with van der Waals surface area (Å²) in [6.45, 7) is -0.0918. The van der Waals surface area contributed by atoms with E-state index in [-0.39, 0.29) is 25.3 Å². The molecule has 2 fully saturated rings. The van der Waals surface area contributed by atoms with Gasteiger partial charge in [-0.15, -0.1) is 0 Å². The predicted molar refractivity (Wildman–Crippen MR) is 124 cm³/mol. The lowest BCUT2D eigenvalue weighted by Crippen LogP contribution is -2.55. The number of halogens is 3. The van der Waals surface area contributed by atoms with Crippen molar-refractivity contribution in [1.82, 2.24) is 10.2 Å². The summed E-state index contributed by atoms with van der Waals surface area (Å²) in [4.78, 5) is 39.9. The number of fused-ring (bicyclic) bond motifs is 2. The Morgan fingerprint density at radius 2 is 1.86 bits per heavy atom. The van der Waals surface area contributed by atoms with Crippen molar-refractivity contribution in [1.29, 1.82) is 0 Å². The number of carboxylic acid groups (broad SMARTS) is 1. The molecule has 0 bridgehead atoms. The molecule has 1 aromatic carbocycles. The highest BCUT2D eigenvalue weighted by Gasteiger charge is 2.61. The molecule has 196 valence electrons. The van der Waals surface area contributed by atoms with Crippen molar-refractivity contribution in [3.05, 3.63) is 42.0 Å². The van der Waals surface area contributed by atoms with Crippen LogP contribution in [0.2, 0.25) is 0 Å². The highest BCUT2D eigenvalue weighted by Crippen LogP contribution is 2.45. The third-order valence-electron chi connectivity index (χ3n) is 7.19. The number of carbonyl (C=O) groups excluding carboxylic acids is 2. The monoisotopic (exact) mass is 509 g/mol. The number of nitrogens with zero attached hydrogens (tertiary/aromatic N) is 1. The van der Waals surface area contributed by atoms with Gasteiger partial charge in [0, 0.05) is 24.6 Å². The van der Waals surface area contributed by atoms with Crippen LogP contribution < -0.4 is 10.6 Å². The molecule has 5 atom stereocenters. The van der Waals surface area contributed by atoms with E-state index in [4.69, 9.17) is 0 Å². The van der Waals surface area contributed by atoms with E-state index in [1.807, 2.05) is 12.2 Å². The number of amides is 2. The predicted octanol–water partition coefficient (Wildman–Crippen LogP) is 2.93. The number of aliphatic carboxylic acids is 1. The van der Waals surface area contributed by atoms with Gasteiger partial charge in [0.2, 0.25) is 11.8 Å². The van der Waals surface area contributed by atoms with E-state index >= 15 is 0 Å². The van der Waals surface area contributed by atoms with Crippen LogP contribution in [-0.4, -0.2) is 63.2 Å². The Bertz CT molecular complexity index is 1030. The fourth-order valence-electron chi connectivity index (χ4n) is 5.03. The van der Waals surface area contributed by atoms with E-state index in [1.54, 1.807) is 0 Å². The number of nitrogens with one attached hydrogen (secondary N) is 2. The first-order chi connectivity index (χ1) is 17.0. The molecule has 8 nitrogen and oxygen atoms in total. The molecular weight excluding hydrogens is 479 g/mol. The Balaban J connectivity index is 1.57. The van der Waals surface area contributed by atoms with Gasteiger partial charge in [0.05, 0.1) is 11.7 Å². The van der Waals surface area contributed by atoms with Gasteiger partial charge in [-0.05, 0) is 49.9 Å². The first-order valence-electron chi connectivity index (χ1n) is 12.2. The first kappa shape index (κ1) is 26.0. The summed E-state index contributed by atoms with van der Waals surface area (Å²) in [6, 6.07) is 2.49. The maximum Gasteiger partial charge on any atom is 0.416 e. The number of aliphatic hydroxyl groups is 1. The Labute approximate surface area is 206 Å². The fraction of sp³-hybridized carbons (Fsp3) is 0.560. The highest BCUT2D eigenvalue weighted by molar-refractivity contribution is 5.96. The largest absolute Gasteiger partial charge is 0.479 e. The summed E-state index contributed by atoms with van der Waals surface area (Å²) in [6.07, 6.45) is 1.91. The van der Waals surface area contributed by atoms with Crippen molar-refractivity contribution in [3.63, 3.8) is 0 Å². The minimum Gasteiger partial charge on any atom is -0.479 e. The molecule has 36 heavy (non-hydrogen) atoms. The number of alkyl halides is 3. The van der Waals surface area contributed by atoms with Gasteiger partial charge in [-0.1, -0.05) is 25.0 Å². The summed E-state index contributed by atoms with van der Waals surface area (Å²) < 4.78 is 38.8. The summed E-state index contributed by atoms with van der Waals surface area (Å²) in [7, 11) is 0. The maximum absolute atomic E-state index is 13.6. The molecule has 0 aromatic heterocycles. The number of rotatable bonds is 3. The second-order valence-corrected chi connectivity index (χ2v) is 9.81. The number of carboxylic acids is 1. The van der Waals surface area contributed by atoms with Crippen molar-refractivity contribution in [2.45, 2.75) is 74.8 Å². The number of hydrogen-bond donors (Lipinski definition) is 4. The number of anilines is 1. The van der Waals surface area contributed by atoms with Gasteiger partial charge in [0.1, 0.15) is 17.6 Å². The first-order valence-corrected chi connectivity index (χ1v) is 12.2. The highest BCUT2D eigenvalue weighted by atomic mass is 19.4. The minimum absolute atomic E-state index is 0.0270. The van der Waals surface area contributed by atoms with Crippen LogP contribution in [-0.2, 0) is 20.6 Å². The van der Waals surface area contributed by atoms with Crippen LogP contribution in [0.5, 0.6) is 0 Å². The molecule has 4 N–H and O–H groups in total. The van der Waals surface area contributed by atoms with E-state index in [1.165, 1.54) is 17.0 Å². The smallest absolute Gasteiger partial charge is 0.416 e. The van der Waals surface area contributed by atoms with Crippen LogP contribution in [0.4, 0.5) is 18.9 Å². The average Bonchev–Trinajstić information content (AvgIpc) is 3.37. The lowest BCUT2D eigenvalue weighted by atomic mass is 10.0. The van der Waals surface area contributed by atoms with Gasteiger partial charge in [0.25, 0.3) is 0 Å². The molecule has 2 heterocycles. The third-order valence-corrected chi connectivity index (χ3v) is 7.19. The van der Waals surface area contributed by atoms with Crippen LogP contribution in [0.3, 0.4) is 0 Å². The molecule has 11 heteroatoms. The molecule has 4 rings (SSSR count). The van der Waals surface area contributed by atoms with Gasteiger partial charge in [-0.2, -0.15) is 13.2 Å². The van der Waals surface area contributed by atoms with Crippen LogP contribution in [0.1, 0.15) is 50.5 Å². The third kappa shape index (κ3) is 5.50. The van der Waals surface area contributed by atoms with Crippen molar-refractivity contribution < 1.29 is 37.8 Å². The normalized spacial score (nSPS) is 32.4. The molecule has 1 saturated carbocycles. The van der Waals surface area contributed by atoms with Gasteiger partial charge >= 0.3 is 12.1 Å². The Morgan fingerprint density at radius 3 is 2.53 bits per heavy atom. The summed E-state index contributed by atoms with van der Waals surface area (Å²) in [5, 5.41) is 25.6. The van der Waals surface area contributed by atoms with E-state index in [2.05, 4.69) is 10.6 Å². The zero-order valence-electron chi connectivity index (χ0n) is 19.6. The van der Waals surface area contributed by atoms with Crippen molar-refractivity contribution in [3.8, 4) is 0 Å². The van der Waals surface area contributed by atoms with Crippen LogP contribution >= 0.6 is 0 Å². The molecule has 2 aliphatic heterocycles. The SMILES string of the molecule is O=C1N[C@]2(C(=O)O)C[C@H]2/C=C\CCCCC[C@H](Nc2ccc(C(F)(F)F)cc2)C(=O)N2C[C@H](O)C[C@@H]12. The van der Waals surface area contributed by atoms with E-state index in [9.17, 15) is 37.8 Å². The van der Waals surface area contributed by atoms with Crippen LogP contribution in [0.15, 0.2) is 36.4 Å². The van der Waals surface area contributed by atoms with Gasteiger partial charge < -0.3 is 25.7 Å². The molecule has 0 unspecified atom stereocenters. The standard InChI is InChI=1S/C25H30F3N3O5/c26-25(27,28)15-8-10-17(11-9-15)29-19-7-5-3-1-2-4-6-16-13-24(16,23(35)36)30-21(33)20-12-18(32)14-31(20)22(19)34/h4,6,8-11,16,18-20,29,32H,1-3,5,7,12-14H2,(H,30,33)(H,35,36)/b6-4-/t16-,18-,19+,20+,24-/m1/s1. The molecule has 1 saturated heterocycles. The average molecular weight is 510 g/mol.